The molecule has 1 nitrogen and oxygen atoms in total. The lowest BCUT2D eigenvalue weighted by Gasteiger charge is -2.17. The number of aliphatic hydroxyl groups excluding tert-OH is 1. The van der Waals surface area contributed by atoms with Crippen LogP contribution in [0, 0.1) is 0 Å². The van der Waals surface area contributed by atoms with E-state index in [9.17, 15) is 0 Å². The Morgan fingerprint density at radius 2 is 1.86 bits per heavy atom. The van der Waals surface area contributed by atoms with E-state index in [2.05, 4.69) is 43.1 Å². The van der Waals surface area contributed by atoms with Gasteiger partial charge in [0, 0.05) is 0 Å². The summed E-state index contributed by atoms with van der Waals surface area (Å²) in [4.78, 5) is 0. The summed E-state index contributed by atoms with van der Waals surface area (Å²) in [6.45, 7) is 4.78. The smallest absolute Gasteiger partial charge is 0.0757 e. The van der Waals surface area contributed by atoms with Crippen LogP contribution in [0.1, 0.15) is 5.56 Å². The van der Waals surface area contributed by atoms with Crippen molar-refractivity contribution in [2.75, 3.05) is 6.61 Å². The van der Waals surface area contributed by atoms with Gasteiger partial charge in [-0.1, -0.05) is 60.8 Å². The number of hydrogen-bond acceptors (Lipinski definition) is 1. The van der Waals surface area contributed by atoms with E-state index in [-0.39, 0.29) is 6.61 Å². The van der Waals surface area contributed by atoms with E-state index in [1.807, 2.05) is 12.1 Å². The van der Waals surface area contributed by atoms with E-state index in [1.165, 1.54) is 5.56 Å². The highest BCUT2D eigenvalue weighted by molar-refractivity contribution is 6.81. The average Bonchev–Trinajstić information content (AvgIpc) is 2.16. The molecule has 14 heavy (non-hydrogen) atoms. The van der Waals surface area contributed by atoms with Gasteiger partial charge in [0.15, 0.2) is 0 Å². The second kappa shape index (κ2) is 5.13. The van der Waals surface area contributed by atoms with Crippen LogP contribution in [0.15, 0.2) is 42.1 Å². The molecule has 0 aliphatic heterocycles. The summed E-state index contributed by atoms with van der Waals surface area (Å²) in [5, 5.41) is 8.73. The van der Waals surface area contributed by atoms with Gasteiger partial charge in [0.05, 0.1) is 14.7 Å². The fourth-order valence-electron chi connectivity index (χ4n) is 1.55. The molecule has 0 saturated heterocycles. The first-order valence-corrected chi connectivity index (χ1v) is 8.25. The van der Waals surface area contributed by atoms with Crippen LogP contribution in [0.25, 0.3) is 0 Å². The fourth-order valence-corrected chi connectivity index (χ4v) is 3.70. The van der Waals surface area contributed by atoms with Gasteiger partial charge in [0.2, 0.25) is 0 Å². The molecular weight excluding hydrogens is 188 g/mol. The van der Waals surface area contributed by atoms with Crippen LogP contribution >= 0.6 is 0 Å². The van der Waals surface area contributed by atoms with E-state index in [0.29, 0.717) is 0 Å². The molecule has 0 unspecified atom stereocenters. The third kappa shape index (κ3) is 3.90. The lowest BCUT2D eigenvalue weighted by Crippen LogP contribution is -2.26. The van der Waals surface area contributed by atoms with Crippen LogP contribution in [-0.4, -0.2) is 19.8 Å². The van der Waals surface area contributed by atoms with Crippen molar-refractivity contribution in [3.05, 3.63) is 47.7 Å². The molecule has 0 bridgehead atoms. The molecule has 0 atom stereocenters. The summed E-state index contributed by atoms with van der Waals surface area (Å²) < 4.78 is 0. The van der Waals surface area contributed by atoms with Crippen LogP contribution in [-0.2, 0) is 6.04 Å². The molecule has 0 saturated carbocycles. The molecule has 2 heteroatoms. The monoisotopic (exact) mass is 206 g/mol. The highest BCUT2D eigenvalue weighted by Crippen LogP contribution is 2.12. The third-order valence-corrected chi connectivity index (χ3v) is 4.63. The van der Waals surface area contributed by atoms with Gasteiger partial charge < -0.3 is 5.11 Å². The molecule has 1 aromatic rings. The van der Waals surface area contributed by atoms with Crippen molar-refractivity contribution in [2.24, 2.45) is 0 Å². The average molecular weight is 206 g/mol. The van der Waals surface area contributed by atoms with Gasteiger partial charge in [0.25, 0.3) is 0 Å². The van der Waals surface area contributed by atoms with E-state index < -0.39 is 8.07 Å². The van der Waals surface area contributed by atoms with Crippen molar-refractivity contribution < 1.29 is 5.11 Å². The minimum Gasteiger partial charge on any atom is -0.392 e. The molecule has 0 fully saturated rings. The van der Waals surface area contributed by atoms with Crippen LogP contribution < -0.4 is 0 Å². The number of benzene rings is 1. The molecule has 1 rings (SSSR count). The molecule has 1 N–H and O–H groups in total. The summed E-state index contributed by atoms with van der Waals surface area (Å²) in [5.74, 6) is 0. The number of hydrogen-bond donors (Lipinski definition) is 1. The Kier molecular flexibility index (Phi) is 4.11. The molecule has 0 aromatic heterocycles. The van der Waals surface area contributed by atoms with Crippen LogP contribution in [0.4, 0.5) is 0 Å². The van der Waals surface area contributed by atoms with Crippen molar-refractivity contribution in [3.8, 4) is 0 Å². The quantitative estimate of drug-likeness (QED) is 0.751. The minimum absolute atomic E-state index is 0.158. The first-order valence-electron chi connectivity index (χ1n) is 4.96. The molecule has 0 spiro atoms. The van der Waals surface area contributed by atoms with Gasteiger partial charge in [-0.15, -0.1) is 0 Å². The van der Waals surface area contributed by atoms with Gasteiger partial charge in [-0.25, -0.2) is 0 Å². The predicted molar refractivity (Wildman–Crippen MR) is 63.9 cm³/mol. The second-order valence-corrected chi connectivity index (χ2v) is 8.90. The zero-order valence-corrected chi connectivity index (χ0v) is 9.90. The Balaban J connectivity index is 2.63. The molecule has 0 radical (unpaired) electrons. The maximum atomic E-state index is 8.73. The maximum absolute atomic E-state index is 8.73. The normalized spacial score (nSPS) is 12.2. The summed E-state index contributed by atoms with van der Waals surface area (Å²) in [6, 6.07) is 11.7. The Hall–Kier alpha value is -0.863. The zero-order valence-electron chi connectivity index (χ0n) is 8.90. The summed E-state index contributed by atoms with van der Waals surface area (Å²) >= 11 is 0. The summed E-state index contributed by atoms with van der Waals surface area (Å²) in [5.41, 5.74) is 3.60. The zero-order chi connectivity index (χ0) is 10.4. The second-order valence-electron chi connectivity index (χ2n) is 4.24. The van der Waals surface area contributed by atoms with Crippen LogP contribution in [0.3, 0.4) is 0 Å². The van der Waals surface area contributed by atoms with Crippen molar-refractivity contribution in [1.82, 2.24) is 0 Å². The van der Waals surface area contributed by atoms with Gasteiger partial charge >= 0.3 is 0 Å². The van der Waals surface area contributed by atoms with E-state index in [0.717, 1.165) is 6.04 Å². The Labute approximate surface area is 87.1 Å². The minimum atomic E-state index is -1.31. The Morgan fingerprint density at radius 3 is 2.43 bits per heavy atom. The van der Waals surface area contributed by atoms with E-state index in [4.69, 9.17) is 5.11 Å². The standard InChI is InChI=1S/C12H18OSi/c1-14(2,10-6-9-13)11-12-7-4-3-5-8-12/h3-8,10,13H,9,11H2,1-2H3/b10-6+. The van der Waals surface area contributed by atoms with Gasteiger partial charge in [-0.05, 0) is 6.04 Å². The number of aliphatic hydroxyl groups is 1. The van der Waals surface area contributed by atoms with Gasteiger partial charge in [-0.2, -0.15) is 0 Å². The van der Waals surface area contributed by atoms with E-state index in [1.54, 1.807) is 0 Å². The fraction of sp³-hybridized carbons (Fsp3) is 0.333. The topological polar surface area (TPSA) is 20.2 Å². The third-order valence-electron chi connectivity index (χ3n) is 2.18. The SMILES string of the molecule is C[Si](C)(/C=C/CO)Cc1ccccc1. The predicted octanol–water partition coefficient (Wildman–Crippen LogP) is 2.56. The molecule has 0 heterocycles. The van der Waals surface area contributed by atoms with Crippen LogP contribution in [0.5, 0.6) is 0 Å². The highest BCUT2D eigenvalue weighted by Gasteiger charge is 2.16. The van der Waals surface area contributed by atoms with E-state index >= 15 is 0 Å². The molecule has 76 valence electrons. The Morgan fingerprint density at radius 1 is 1.21 bits per heavy atom. The molecule has 0 aliphatic rings. The lowest BCUT2D eigenvalue weighted by molar-refractivity contribution is 0.343. The first-order chi connectivity index (χ1) is 6.64. The Bertz CT molecular complexity index is 290. The highest BCUT2D eigenvalue weighted by atomic mass is 28.3. The summed E-state index contributed by atoms with van der Waals surface area (Å²) in [6.07, 6.45) is 1.87. The van der Waals surface area contributed by atoms with Gasteiger partial charge in [-0.3, -0.25) is 0 Å². The van der Waals surface area contributed by atoms with Gasteiger partial charge in [0.1, 0.15) is 0 Å². The molecule has 0 amide bonds. The van der Waals surface area contributed by atoms with Crippen LogP contribution in [0.2, 0.25) is 13.1 Å². The largest absolute Gasteiger partial charge is 0.392 e. The van der Waals surface area contributed by atoms with Crippen molar-refractivity contribution >= 4 is 8.07 Å². The molecule has 0 aliphatic carbocycles. The molecular formula is C12H18OSi. The van der Waals surface area contributed by atoms with Crippen molar-refractivity contribution in [2.45, 2.75) is 19.1 Å². The number of rotatable bonds is 4. The molecule has 1 aromatic carbocycles. The maximum Gasteiger partial charge on any atom is 0.0757 e. The van der Waals surface area contributed by atoms with Crippen molar-refractivity contribution in [1.29, 1.82) is 0 Å². The lowest BCUT2D eigenvalue weighted by atomic mass is 10.2. The first kappa shape index (κ1) is 11.2. The summed E-state index contributed by atoms with van der Waals surface area (Å²) in [7, 11) is -1.31. The van der Waals surface area contributed by atoms with Crippen molar-refractivity contribution in [3.63, 3.8) is 0 Å².